The Labute approximate surface area is 110 Å². The van der Waals surface area contributed by atoms with Crippen LogP contribution in [-0.4, -0.2) is 22.5 Å². The smallest absolute Gasteiger partial charge is 0.275 e. The van der Waals surface area contributed by atoms with Crippen molar-refractivity contribution >= 4 is 17.7 Å². The van der Waals surface area contributed by atoms with E-state index < -0.39 is 4.92 Å². The fraction of sp³-hybridized carbons (Fsp3) is 0.308. The van der Waals surface area contributed by atoms with Gasteiger partial charge in [-0.25, -0.2) is 0 Å². The fourth-order valence-corrected chi connectivity index (χ4v) is 1.54. The summed E-state index contributed by atoms with van der Waals surface area (Å²) in [4.78, 5) is 20.9. The molecule has 0 heterocycles. The lowest BCUT2D eigenvalue weighted by Crippen LogP contribution is -2.20. The number of benzene rings is 1. The molecule has 0 radical (unpaired) electrons. The predicted molar refractivity (Wildman–Crippen MR) is 71.4 cm³/mol. The van der Waals surface area contributed by atoms with Gasteiger partial charge in [0.25, 0.3) is 5.69 Å². The molecule has 6 heteroatoms. The number of amides is 1. The minimum atomic E-state index is -0.514. The first-order valence-corrected chi connectivity index (χ1v) is 5.83. The first kappa shape index (κ1) is 14.8. The second-order valence-corrected chi connectivity index (χ2v) is 3.98. The molecule has 19 heavy (non-hydrogen) atoms. The van der Waals surface area contributed by atoms with Gasteiger partial charge in [-0.15, -0.1) is 0 Å². The minimum Gasteiger partial charge on any atom is -0.391 e. The molecular formula is C13H16N2O4. The summed E-state index contributed by atoms with van der Waals surface area (Å²) in [5.74, 6) is -0.0867. The number of hydrogen-bond donors (Lipinski definition) is 2. The third-order valence-corrected chi connectivity index (χ3v) is 2.47. The standard InChI is InChI=1S/C13H16N2O4/c1-10(17)14-7-3-2-4-11-5-6-12(9-16)13(8-11)15(18)19/h2,4-6,8,16H,3,7,9H2,1H3,(H,14,17). The lowest BCUT2D eigenvalue weighted by Gasteiger charge is -2.01. The quantitative estimate of drug-likeness (QED) is 0.464. The van der Waals surface area contributed by atoms with Crippen molar-refractivity contribution < 1.29 is 14.8 Å². The van der Waals surface area contributed by atoms with Crippen LogP contribution in [0, 0.1) is 10.1 Å². The van der Waals surface area contributed by atoms with Crippen LogP contribution < -0.4 is 5.32 Å². The lowest BCUT2D eigenvalue weighted by molar-refractivity contribution is -0.385. The highest BCUT2D eigenvalue weighted by molar-refractivity contribution is 5.72. The van der Waals surface area contributed by atoms with E-state index in [9.17, 15) is 14.9 Å². The molecule has 1 aromatic carbocycles. The Morgan fingerprint density at radius 1 is 1.53 bits per heavy atom. The molecule has 0 fully saturated rings. The number of nitrogens with zero attached hydrogens (tertiary/aromatic N) is 1. The number of carbonyl (C=O) groups excluding carboxylic acids is 1. The summed E-state index contributed by atoms with van der Waals surface area (Å²) < 4.78 is 0. The highest BCUT2D eigenvalue weighted by atomic mass is 16.6. The summed E-state index contributed by atoms with van der Waals surface area (Å²) in [5.41, 5.74) is 0.888. The molecule has 1 amide bonds. The van der Waals surface area contributed by atoms with Crippen molar-refractivity contribution in [2.75, 3.05) is 6.54 Å². The molecule has 0 saturated carbocycles. The molecule has 0 spiro atoms. The molecule has 102 valence electrons. The summed E-state index contributed by atoms with van der Waals surface area (Å²) in [7, 11) is 0. The van der Waals surface area contributed by atoms with E-state index in [1.165, 1.54) is 19.1 Å². The van der Waals surface area contributed by atoms with Gasteiger partial charge in [-0.2, -0.15) is 0 Å². The summed E-state index contributed by atoms with van der Waals surface area (Å²) in [6.45, 7) is 1.62. The zero-order chi connectivity index (χ0) is 14.3. The highest BCUT2D eigenvalue weighted by Crippen LogP contribution is 2.21. The zero-order valence-corrected chi connectivity index (χ0v) is 10.6. The number of nitrogens with one attached hydrogen (secondary N) is 1. The van der Waals surface area contributed by atoms with Crippen LogP contribution in [-0.2, 0) is 11.4 Å². The topological polar surface area (TPSA) is 92.5 Å². The van der Waals surface area contributed by atoms with E-state index in [-0.39, 0.29) is 18.2 Å². The Morgan fingerprint density at radius 3 is 2.84 bits per heavy atom. The van der Waals surface area contributed by atoms with Gasteiger partial charge in [0.1, 0.15) is 0 Å². The molecular weight excluding hydrogens is 248 g/mol. The van der Waals surface area contributed by atoms with Gasteiger partial charge in [0, 0.05) is 19.5 Å². The second kappa shape index (κ2) is 7.27. The average Bonchev–Trinajstić information content (AvgIpc) is 2.37. The van der Waals surface area contributed by atoms with Crippen LogP contribution in [0.5, 0.6) is 0 Å². The predicted octanol–water partition coefficient (Wildman–Crippen LogP) is 1.63. The maximum absolute atomic E-state index is 10.8. The molecule has 0 aliphatic carbocycles. The highest BCUT2D eigenvalue weighted by Gasteiger charge is 2.12. The van der Waals surface area contributed by atoms with Gasteiger partial charge < -0.3 is 10.4 Å². The maximum atomic E-state index is 10.8. The van der Waals surface area contributed by atoms with Crippen molar-refractivity contribution in [2.45, 2.75) is 20.0 Å². The van der Waals surface area contributed by atoms with E-state index in [0.29, 0.717) is 24.1 Å². The first-order valence-electron chi connectivity index (χ1n) is 5.83. The van der Waals surface area contributed by atoms with Crippen LogP contribution in [0.2, 0.25) is 0 Å². The Kier molecular flexibility index (Phi) is 5.69. The van der Waals surface area contributed by atoms with E-state index in [2.05, 4.69) is 5.32 Å². The number of hydrogen-bond acceptors (Lipinski definition) is 4. The number of aliphatic hydroxyl groups excluding tert-OH is 1. The van der Waals surface area contributed by atoms with Crippen molar-refractivity contribution in [3.8, 4) is 0 Å². The monoisotopic (exact) mass is 264 g/mol. The number of carbonyl (C=O) groups is 1. The van der Waals surface area contributed by atoms with Gasteiger partial charge in [0.05, 0.1) is 17.1 Å². The Balaban J connectivity index is 2.69. The van der Waals surface area contributed by atoms with E-state index in [1.807, 2.05) is 6.08 Å². The summed E-state index contributed by atoms with van der Waals surface area (Å²) in [6.07, 6.45) is 4.22. The lowest BCUT2D eigenvalue weighted by atomic mass is 10.1. The van der Waals surface area contributed by atoms with Crippen LogP contribution in [0.3, 0.4) is 0 Å². The normalized spacial score (nSPS) is 10.6. The fourth-order valence-electron chi connectivity index (χ4n) is 1.54. The first-order chi connectivity index (χ1) is 9.04. The molecule has 0 aliphatic rings. The summed E-state index contributed by atoms with van der Waals surface area (Å²) >= 11 is 0. The second-order valence-electron chi connectivity index (χ2n) is 3.98. The molecule has 6 nitrogen and oxygen atoms in total. The van der Waals surface area contributed by atoms with E-state index in [4.69, 9.17) is 5.11 Å². The van der Waals surface area contributed by atoms with Crippen molar-refractivity contribution in [3.63, 3.8) is 0 Å². The van der Waals surface area contributed by atoms with E-state index in [1.54, 1.807) is 12.1 Å². The number of nitro benzene ring substituents is 1. The molecule has 0 aliphatic heterocycles. The number of nitro groups is 1. The van der Waals surface area contributed by atoms with Gasteiger partial charge in [-0.05, 0) is 18.1 Å². The molecule has 0 atom stereocenters. The van der Waals surface area contributed by atoms with Crippen LogP contribution in [0.4, 0.5) is 5.69 Å². The van der Waals surface area contributed by atoms with Crippen LogP contribution in [0.25, 0.3) is 6.08 Å². The number of aliphatic hydroxyl groups is 1. The van der Waals surface area contributed by atoms with E-state index in [0.717, 1.165) is 0 Å². The molecule has 0 unspecified atom stereocenters. The van der Waals surface area contributed by atoms with Crippen molar-refractivity contribution in [1.29, 1.82) is 0 Å². The third kappa shape index (κ3) is 4.89. The largest absolute Gasteiger partial charge is 0.391 e. The van der Waals surface area contributed by atoms with E-state index >= 15 is 0 Å². The molecule has 0 aromatic heterocycles. The number of rotatable bonds is 6. The van der Waals surface area contributed by atoms with Gasteiger partial charge in [-0.3, -0.25) is 14.9 Å². The zero-order valence-electron chi connectivity index (χ0n) is 10.6. The van der Waals surface area contributed by atoms with Crippen LogP contribution >= 0.6 is 0 Å². The molecule has 0 bridgehead atoms. The SMILES string of the molecule is CC(=O)NCCC=Cc1ccc(CO)c([N+](=O)[O-])c1. The van der Waals surface area contributed by atoms with Gasteiger partial charge >= 0.3 is 0 Å². The Morgan fingerprint density at radius 2 is 2.26 bits per heavy atom. The van der Waals surface area contributed by atoms with Crippen LogP contribution in [0.15, 0.2) is 24.3 Å². The maximum Gasteiger partial charge on any atom is 0.275 e. The minimum absolute atomic E-state index is 0.0867. The Bertz CT molecular complexity index is 497. The summed E-state index contributed by atoms with van der Waals surface area (Å²) in [5, 5.41) is 22.4. The van der Waals surface area contributed by atoms with Crippen molar-refractivity contribution in [1.82, 2.24) is 5.32 Å². The average molecular weight is 264 g/mol. The van der Waals surface area contributed by atoms with Crippen molar-refractivity contribution in [3.05, 3.63) is 45.5 Å². The molecule has 1 rings (SSSR count). The Hall–Kier alpha value is -2.21. The molecule has 1 aromatic rings. The molecule has 0 saturated heterocycles. The van der Waals surface area contributed by atoms with Gasteiger partial charge in [-0.1, -0.05) is 18.2 Å². The van der Waals surface area contributed by atoms with Crippen LogP contribution in [0.1, 0.15) is 24.5 Å². The summed E-state index contributed by atoms with van der Waals surface area (Å²) in [6, 6.07) is 4.65. The van der Waals surface area contributed by atoms with Crippen molar-refractivity contribution in [2.24, 2.45) is 0 Å². The third-order valence-electron chi connectivity index (χ3n) is 2.47. The van der Waals surface area contributed by atoms with Gasteiger partial charge in [0.2, 0.25) is 5.91 Å². The molecule has 2 N–H and O–H groups in total. The van der Waals surface area contributed by atoms with Gasteiger partial charge in [0.15, 0.2) is 0 Å².